The van der Waals surface area contributed by atoms with Crippen LogP contribution in [0.15, 0.2) is 42.5 Å². The Hall–Kier alpha value is -2.32. The van der Waals surface area contributed by atoms with Crippen LogP contribution >= 0.6 is 0 Å². The number of ether oxygens (including phenoxy) is 1. The van der Waals surface area contributed by atoms with Crippen LogP contribution in [0.1, 0.15) is 11.1 Å². The lowest BCUT2D eigenvalue weighted by molar-refractivity contribution is -0.138. The van der Waals surface area contributed by atoms with E-state index in [0.29, 0.717) is 18.2 Å². The zero-order valence-electron chi connectivity index (χ0n) is 11.6. The first-order valence-electron chi connectivity index (χ1n) is 6.31. The van der Waals surface area contributed by atoms with Gasteiger partial charge >= 0.3 is 19.0 Å². The summed E-state index contributed by atoms with van der Waals surface area (Å²) in [7, 11) is 0. The molecule has 0 aliphatic heterocycles. The molecule has 0 unspecified atom stereocenters. The van der Waals surface area contributed by atoms with Crippen LogP contribution in [-0.2, 0) is 12.4 Å². The first kappa shape index (κ1) is 18.0. The van der Waals surface area contributed by atoms with Crippen molar-refractivity contribution in [2.24, 2.45) is 0 Å². The van der Waals surface area contributed by atoms with Crippen LogP contribution in [0.2, 0.25) is 0 Å². The Kier molecular flexibility index (Phi) is 4.73. The van der Waals surface area contributed by atoms with Crippen molar-refractivity contribution >= 4 is 0 Å². The summed E-state index contributed by atoms with van der Waals surface area (Å²) in [6.07, 6.45) is -9.57. The van der Waals surface area contributed by atoms with E-state index in [1.54, 1.807) is 0 Å². The van der Waals surface area contributed by atoms with Gasteiger partial charge in [0, 0.05) is 0 Å². The first-order chi connectivity index (χ1) is 11.0. The largest absolute Gasteiger partial charge is 0.435 e. The zero-order chi connectivity index (χ0) is 18.1. The lowest BCUT2D eigenvalue weighted by atomic mass is 10.00. The van der Waals surface area contributed by atoms with Crippen LogP contribution in [0.25, 0.3) is 11.1 Å². The molecular weight excluding hydrogens is 348 g/mol. The molecule has 2 aromatic rings. The molecule has 2 aromatic carbocycles. The van der Waals surface area contributed by atoms with E-state index in [0.717, 1.165) is 24.3 Å². The van der Waals surface area contributed by atoms with E-state index in [2.05, 4.69) is 4.74 Å². The zero-order valence-corrected chi connectivity index (χ0v) is 11.6. The van der Waals surface area contributed by atoms with Crippen molar-refractivity contribution in [1.82, 2.24) is 0 Å². The van der Waals surface area contributed by atoms with Crippen molar-refractivity contribution in [3.05, 3.63) is 53.6 Å². The molecule has 0 aliphatic carbocycles. The molecule has 24 heavy (non-hydrogen) atoms. The van der Waals surface area contributed by atoms with E-state index in [4.69, 9.17) is 0 Å². The summed E-state index contributed by atoms with van der Waals surface area (Å²) < 4.78 is 105. The Balaban J connectivity index is 2.57. The smallest absolute Gasteiger partial charge is 0.416 e. The Bertz CT molecular complexity index is 718. The molecule has 0 saturated carbocycles. The highest BCUT2D eigenvalue weighted by molar-refractivity contribution is 5.67. The molecule has 0 fully saturated rings. The summed E-state index contributed by atoms with van der Waals surface area (Å²) >= 11 is 0. The number of alkyl halides is 8. The highest BCUT2D eigenvalue weighted by Crippen LogP contribution is 2.37. The molecular formula is C15H8F8O. The minimum Gasteiger partial charge on any atom is -0.435 e. The maximum Gasteiger partial charge on any atom is 0.416 e. The maximum atomic E-state index is 12.8. The van der Waals surface area contributed by atoms with Crippen molar-refractivity contribution in [1.29, 1.82) is 0 Å². The highest BCUT2D eigenvalue weighted by Gasteiger charge is 2.33. The van der Waals surface area contributed by atoms with Crippen molar-refractivity contribution in [3.8, 4) is 16.9 Å². The molecule has 1 nitrogen and oxygen atoms in total. The molecule has 0 bridgehead atoms. The second-order valence-corrected chi connectivity index (χ2v) is 4.70. The van der Waals surface area contributed by atoms with Crippen LogP contribution in [-0.4, -0.2) is 6.61 Å². The Morgan fingerprint density at radius 3 is 1.83 bits per heavy atom. The van der Waals surface area contributed by atoms with Gasteiger partial charge in [-0.05, 0) is 41.5 Å². The van der Waals surface area contributed by atoms with Gasteiger partial charge in [0.1, 0.15) is 5.75 Å². The molecule has 0 atom stereocenters. The summed E-state index contributed by atoms with van der Waals surface area (Å²) in [4.78, 5) is 0. The van der Waals surface area contributed by atoms with Crippen LogP contribution in [0.4, 0.5) is 35.1 Å². The van der Waals surface area contributed by atoms with E-state index >= 15 is 0 Å². The fourth-order valence-electron chi connectivity index (χ4n) is 1.98. The van der Waals surface area contributed by atoms with E-state index in [1.807, 2.05) is 0 Å². The van der Waals surface area contributed by atoms with Gasteiger partial charge in [-0.3, -0.25) is 0 Å². The van der Waals surface area contributed by atoms with Gasteiger partial charge in [-0.15, -0.1) is 0 Å². The summed E-state index contributed by atoms with van der Waals surface area (Å²) in [5.74, 6) is -0.799. The quantitative estimate of drug-likeness (QED) is 0.614. The monoisotopic (exact) mass is 356 g/mol. The number of rotatable bonds is 3. The average Bonchev–Trinajstić information content (AvgIpc) is 2.44. The average molecular weight is 356 g/mol. The van der Waals surface area contributed by atoms with Gasteiger partial charge in [-0.1, -0.05) is 12.1 Å². The van der Waals surface area contributed by atoms with E-state index in [9.17, 15) is 35.1 Å². The highest BCUT2D eigenvalue weighted by atomic mass is 19.4. The molecule has 0 aliphatic rings. The van der Waals surface area contributed by atoms with Gasteiger partial charge in [0.15, 0.2) is 0 Å². The van der Waals surface area contributed by atoms with Crippen molar-refractivity contribution in [2.45, 2.75) is 19.0 Å². The van der Waals surface area contributed by atoms with E-state index in [1.165, 1.54) is 0 Å². The molecule has 0 heterocycles. The van der Waals surface area contributed by atoms with Gasteiger partial charge in [-0.25, -0.2) is 0 Å². The maximum absolute atomic E-state index is 12.8. The molecule has 0 saturated heterocycles. The SMILES string of the molecule is FC(F)Oc1cc(-c2cccc(C(F)(F)F)c2)cc(C(F)(F)F)c1. The Morgan fingerprint density at radius 1 is 0.708 bits per heavy atom. The van der Waals surface area contributed by atoms with Crippen molar-refractivity contribution in [2.75, 3.05) is 0 Å². The van der Waals surface area contributed by atoms with Gasteiger partial charge < -0.3 is 4.74 Å². The third-order valence-electron chi connectivity index (χ3n) is 2.98. The van der Waals surface area contributed by atoms with Crippen LogP contribution in [0, 0.1) is 0 Å². The summed E-state index contributed by atoms with van der Waals surface area (Å²) in [6.45, 7) is -3.37. The van der Waals surface area contributed by atoms with Crippen LogP contribution in [0.3, 0.4) is 0 Å². The fourth-order valence-corrected chi connectivity index (χ4v) is 1.98. The normalized spacial score (nSPS) is 12.5. The summed E-state index contributed by atoms with van der Waals surface area (Å²) in [5, 5.41) is 0. The predicted octanol–water partition coefficient (Wildman–Crippen LogP) is 5.99. The first-order valence-corrected chi connectivity index (χ1v) is 6.31. The Labute approximate surface area is 130 Å². The molecule has 2 rings (SSSR count). The van der Waals surface area contributed by atoms with Crippen molar-refractivity contribution < 1.29 is 39.9 Å². The standard InChI is InChI=1S/C15H8F8O/c16-13(17)24-12-6-9(5-11(7-12)15(21,22)23)8-2-1-3-10(4-8)14(18,19)20/h1-7,13H. The molecule has 0 aromatic heterocycles. The molecule has 9 heteroatoms. The third kappa shape index (κ3) is 4.36. The predicted molar refractivity (Wildman–Crippen MR) is 68.5 cm³/mol. The Morgan fingerprint density at radius 2 is 1.29 bits per heavy atom. The van der Waals surface area contributed by atoms with Gasteiger partial charge in [0.05, 0.1) is 11.1 Å². The van der Waals surface area contributed by atoms with E-state index in [-0.39, 0.29) is 11.1 Å². The summed E-state index contributed by atoms with van der Waals surface area (Å²) in [6, 6.07) is 5.24. The number of halogens is 8. The third-order valence-corrected chi connectivity index (χ3v) is 2.98. The van der Waals surface area contributed by atoms with Gasteiger partial charge in [-0.2, -0.15) is 35.1 Å². The van der Waals surface area contributed by atoms with Crippen LogP contribution < -0.4 is 4.74 Å². The topological polar surface area (TPSA) is 9.23 Å². The summed E-state index contributed by atoms with van der Waals surface area (Å²) in [5.41, 5.74) is -2.93. The minimum absolute atomic E-state index is 0.213. The molecule has 130 valence electrons. The van der Waals surface area contributed by atoms with Crippen LogP contribution in [0.5, 0.6) is 5.75 Å². The number of hydrogen-bond donors (Lipinski definition) is 0. The van der Waals surface area contributed by atoms with Crippen molar-refractivity contribution in [3.63, 3.8) is 0 Å². The number of benzene rings is 2. The minimum atomic E-state index is -4.88. The molecule has 0 N–H and O–H groups in total. The second kappa shape index (κ2) is 6.29. The van der Waals surface area contributed by atoms with Gasteiger partial charge in [0.2, 0.25) is 0 Å². The molecule has 0 amide bonds. The lowest BCUT2D eigenvalue weighted by Crippen LogP contribution is -2.08. The molecule has 0 spiro atoms. The number of hydrogen-bond acceptors (Lipinski definition) is 1. The fraction of sp³-hybridized carbons (Fsp3) is 0.200. The van der Waals surface area contributed by atoms with Gasteiger partial charge in [0.25, 0.3) is 0 Å². The van der Waals surface area contributed by atoms with E-state index < -0.39 is 35.8 Å². The molecule has 0 radical (unpaired) electrons. The second-order valence-electron chi connectivity index (χ2n) is 4.70. The lowest BCUT2D eigenvalue weighted by Gasteiger charge is -2.14.